The third kappa shape index (κ3) is 1.76. The number of halogens is 1. The Hall–Kier alpha value is -0.540. The SMILES string of the molecule is COc1cc(C)c(Br)c(C2(CN)CCC2)c1. The molecule has 0 radical (unpaired) electrons. The summed E-state index contributed by atoms with van der Waals surface area (Å²) in [5, 5.41) is 0. The second-order valence-electron chi connectivity index (χ2n) is 4.64. The number of benzene rings is 1. The van der Waals surface area contributed by atoms with Crippen LogP contribution in [-0.2, 0) is 5.41 Å². The topological polar surface area (TPSA) is 35.2 Å². The summed E-state index contributed by atoms with van der Waals surface area (Å²) in [6, 6.07) is 4.18. The van der Waals surface area contributed by atoms with Crippen LogP contribution < -0.4 is 10.5 Å². The molecule has 0 aliphatic heterocycles. The molecular formula is C13H18BrNO. The van der Waals surface area contributed by atoms with Gasteiger partial charge in [0.05, 0.1) is 7.11 Å². The lowest BCUT2D eigenvalue weighted by molar-refractivity contribution is 0.251. The molecule has 0 atom stereocenters. The van der Waals surface area contributed by atoms with Gasteiger partial charge in [0.25, 0.3) is 0 Å². The van der Waals surface area contributed by atoms with Crippen molar-refractivity contribution in [2.24, 2.45) is 5.73 Å². The zero-order valence-electron chi connectivity index (χ0n) is 9.85. The second kappa shape index (κ2) is 4.38. The lowest BCUT2D eigenvalue weighted by Crippen LogP contribution is -2.41. The van der Waals surface area contributed by atoms with E-state index in [1.165, 1.54) is 34.9 Å². The third-order valence-corrected chi connectivity index (χ3v) is 4.79. The van der Waals surface area contributed by atoms with Gasteiger partial charge >= 0.3 is 0 Å². The Kier molecular flexibility index (Phi) is 3.27. The molecule has 1 saturated carbocycles. The molecule has 2 rings (SSSR count). The quantitative estimate of drug-likeness (QED) is 0.925. The zero-order valence-corrected chi connectivity index (χ0v) is 11.4. The molecule has 88 valence electrons. The first kappa shape index (κ1) is 11.9. The van der Waals surface area contributed by atoms with Crippen LogP contribution in [0.1, 0.15) is 30.4 Å². The van der Waals surface area contributed by atoms with Crippen LogP contribution in [0.5, 0.6) is 5.75 Å². The van der Waals surface area contributed by atoms with Crippen LogP contribution in [0.25, 0.3) is 0 Å². The molecule has 3 heteroatoms. The number of hydrogen-bond acceptors (Lipinski definition) is 2. The Morgan fingerprint density at radius 3 is 2.56 bits per heavy atom. The summed E-state index contributed by atoms with van der Waals surface area (Å²) < 4.78 is 6.53. The van der Waals surface area contributed by atoms with Crippen molar-refractivity contribution < 1.29 is 4.74 Å². The summed E-state index contributed by atoms with van der Waals surface area (Å²) in [4.78, 5) is 0. The third-order valence-electron chi connectivity index (χ3n) is 3.74. The standard InChI is InChI=1S/C13H18BrNO/c1-9-6-10(16-2)7-11(12(9)14)13(8-15)4-3-5-13/h6-7H,3-5,8,15H2,1-2H3. The largest absolute Gasteiger partial charge is 0.497 e. The van der Waals surface area contributed by atoms with Crippen molar-refractivity contribution in [2.75, 3.05) is 13.7 Å². The minimum Gasteiger partial charge on any atom is -0.497 e. The fourth-order valence-electron chi connectivity index (χ4n) is 2.43. The molecule has 0 heterocycles. The molecular weight excluding hydrogens is 266 g/mol. The highest BCUT2D eigenvalue weighted by molar-refractivity contribution is 9.10. The molecule has 0 saturated heterocycles. The molecule has 1 aliphatic rings. The number of methoxy groups -OCH3 is 1. The average molecular weight is 284 g/mol. The Balaban J connectivity index is 2.50. The highest BCUT2D eigenvalue weighted by Gasteiger charge is 2.39. The maximum Gasteiger partial charge on any atom is 0.119 e. The number of rotatable bonds is 3. The summed E-state index contributed by atoms with van der Waals surface area (Å²) in [6.07, 6.45) is 3.66. The van der Waals surface area contributed by atoms with Crippen LogP contribution in [0, 0.1) is 6.92 Å². The monoisotopic (exact) mass is 283 g/mol. The first-order chi connectivity index (χ1) is 7.63. The Morgan fingerprint density at radius 1 is 1.44 bits per heavy atom. The van der Waals surface area contributed by atoms with Gasteiger partial charge < -0.3 is 10.5 Å². The van der Waals surface area contributed by atoms with Gasteiger partial charge in [-0.25, -0.2) is 0 Å². The van der Waals surface area contributed by atoms with E-state index in [4.69, 9.17) is 10.5 Å². The van der Waals surface area contributed by atoms with Crippen LogP contribution in [0.4, 0.5) is 0 Å². The lowest BCUT2D eigenvalue weighted by atomic mass is 9.64. The van der Waals surface area contributed by atoms with Crippen LogP contribution in [0.15, 0.2) is 16.6 Å². The summed E-state index contributed by atoms with van der Waals surface area (Å²) >= 11 is 3.68. The van der Waals surface area contributed by atoms with Gasteiger partial charge in [0.2, 0.25) is 0 Å². The molecule has 1 aromatic rings. The molecule has 0 unspecified atom stereocenters. The van der Waals surface area contributed by atoms with E-state index < -0.39 is 0 Å². The predicted molar refractivity (Wildman–Crippen MR) is 70.0 cm³/mol. The number of hydrogen-bond donors (Lipinski definition) is 1. The van der Waals surface area contributed by atoms with Gasteiger partial charge in [-0.05, 0) is 43.0 Å². The molecule has 2 N–H and O–H groups in total. The van der Waals surface area contributed by atoms with Gasteiger partial charge in [0.1, 0.15) is 5.75 Å². The average Bonchev–Trinajstić information content (AvgIpc) is 2.23. The molecule has 2 nitrogen and oxygen atoms in total. The normalized spacial score (nSPS) is 18.0. The maximum absolute atomic E-state index is 5.95. The minimum atomic E-state index is 0.179. The summed E-state index contributed by atoms with van der Waals surface area (Å²) in [7, 11) is 1.71. The van der Waals surface area contributed by atoms with Gasteiger partial charge in [-0.1, -0.05) is 22.4 Å². The first-order valence-corrected chi connectivity index (χ1v) is 6.47. The van der Waals surface area contributed by atoms with Crippen molar-refractivity contribution in [3.05, 3.63) is 27.7 Å². The van der Waals surface area contributed by atoms with Crippen molar-refractivity contribution in [3.8, 4) is 5.75 Å². The van der Waals surface area contributed by atoms with Crippen molar-refractivity contribution in [3.63, 3.8) is 0 Å². The summed E-state index contributed by atoms with van der Waals surface area (Å²) in [5.74, 6) is 0.926. The lowest BCUT2D eigenvalue weighted by Gasteiger charge is -2.42. The van der Waals surface area contributed by atoms with E-state index in [0.717, 1.165) is 12.3 Å². The van der Waals surface area contributed by atoms with Gasteiger partial charge in [-0.3, -0.25) is 0 Å². The van der Waals surface area contributed by atoms with E-state index in [1.54, 1.807) is 7.11 Å². The highest BCUT2D eigenvalue weighted by Crippen LogP contribution is 2.47. The van der Waals surface area contributed by atoms with Crippen molar-refractivity contribution >= 4 is 15.9 Å². The van der Waals surface area contributed by atoms with Gasteiger partial charge in [-0.2, -0.15) is 0 Å². The van der Waals surface area contributed by atoms with Gasteiger partial charge in [0.15, 0.2) is 0 Å². The van der Waals surface area contributed by atoms with Crippen molar-refractivity contribution in [1.82, 2.24) is 0 Å². The van der Waals surface area contributed by atoms with Crippen LogP contribution in [0.2, 0.25) is 0 Å². The number of ether oxygens (including phenoxy) is 1. The zero-order chi connectivity index (χ0) is 11.8. The van der Waals surface area contributed by atoms with Crippen molar-refractivity contribution in [1.29, 1.82) is 0 Å². The van der Waals surface area contributed by atoms with Crippen molar-refractivity contribution in [2.45, 2.75) is 31.6 Å². The fourth-order valence-corrected chi connectivity index (χ4v) is 3.08. The van der Waals surface area contributed by atoms with E-state index in [2.05, 4.69) is 35.0 Å². The predicted octanol–water partition coefficient (Wildman–Crippen LogP) is 3.15. The van der Waals surface area contributed by atoms with E-state index >= 15 is 0 Å². The van der Waals surface area contributed by atoms with E-state index in [1.807, 2.05) is 0 Å². The minimum absolute atomic E-state index is 0.179. The molecule has 1 aliphatic carbocycles. The van der Waals surface area contributed by atoms with Gasteiger partial charge in [0, 0.05) is 16.4 Å². The molecule has 1 fully saturated rings. The smallest absolute Gasteiger partial charge is 0.119 e. The Bertz CT molecular complexity index is 394. The Morgan fingerprint density at radius 2 is 2.12 bits per heavy atom. The molecule has 16 heavy (non-hydrogen) atoms. The molecule has 0 amide bonds. The fraction of sp³-hybridized carbons (Fsp3) is 0.538. The molecule has 0 aromatic heterocycles. The molecule has 0 spiro atoms. The van der Waals surface area contributed by atoms with E-state index in [-0.39, 0.29) is 5.41 Å². The highest BCUT2D eigenvalue weighted by atomic mass is 79.9. The van der Waals surface area contributed by atoms with E-state index in [0.29, 0.717) is 0 Å². The number of aryl methyl sites for hydroxylation is 1. The first-order valence-electron chi connectivity index (χ1n) is 5.67. The van der Waals surface area contributed by atoms with Crippen LogP contribution >= 0.6 is 15.9 Å². The molecule has 1 aromatic carbocycles. The van der Waals surface area contributed by atoms with E-state index in [9.17, 15) is 0 Å². The maximum atomic E-state index is 5.95. The summed E-state index contributed by atoms with van der Waals surface area (Å²) in [5.41, 5.74) is 8.66. The van der Waals surface area contributed by atoms with Crippen LogP contribution in [-0.4, -0.2) is 13.7 Å². The van der Waals surface area contributed by atoms with Gasteiger partial charge in [-0.15, -0.1) is 0 Å². The second-order valence-corrected chi connectivity index (χ2v) is 5.44. The van der Waals surface area contributed by atoms with Crippen LogP contribution in [0.3, 0.4) is 0 Å². The molecule has 0 bridgehead atoms. The summed E-state index contributed by atoms with van der Waals surface area (Å²) in [6.45, 7) is 2.82. The number of nitrogens with two attached hydrogens (primary N) is 1. The Labute approximate surface area is 105 Å².